The zero-order chi connectivity index (χ0) is 14.0. The van der Waals surface area contributed by atoms with E-state index in [0.717, 1.165) is 9.35 Å². The summed E-state index contributed by atoms with van der Waals surface area (Å²) in [6.07, 6.45) is 0. The van der Waals surface area contributed by atoms with Gasteiger partial charge in [0.1, 0.15) is 0 Å². The molecule has 0 saturated carbocycles. The summed E-state index contributed by atoms with van der Waals surface area (Å²) in [7, 11) is 0. The molecule has 2 rings (SSSR count). The van der Waals surface area contributed by atoms with E-state index in [2.05, 4.69) is 21.2 Å². The van der Waals surface area contributed by atoms with Gasteiger partial charge in [0, 0.05) is 15.0 Å². The molecule has 0 spiro atoms. The maximum absolute atomic E-state index is 12.2. The molecule has 1 unspecified atom stereocenters. The van der Waals surface area contributed by atoms with Crippen LogP contribution in [0.4, 0.5) is 5.69 Å². The number of carbonyl (C=O) groups is 1. The molecule has 0 fully saturated rings. The van der Waals surface area contributed by atoms with Crippen molar-refractivity contribution in [3.05, 3.63) is 49.6 Å². The molecule has 3 N–H and O–H groups in total. The summed E-state index contributed by atoms with van der Waals surface area (Å²) in [6.45, 7) is 1.92. The topological polar surface area (TPSA) is 55.1 Å². The minimum absolute atomic E-state index is 0.0988. The number of benzene rings is 1. The van der Waals surface area contributed by atoms with E-state index in [9.17, 15) is 4.79 Å². The number of carbonyl (C=O) groups excluding carboxylic acids is 1. The van der Waals surface area contributed by atoms with Crippen LogP contribution in [0.3, 0.4) is 0 Å². The van der Waals surface area contributed by atoms with Crippen molar-refractivity contribution in [2.75, 3.05) is 5.73 Å². The van der Waals surface area contributed by atoms with Crippen LogP contribution in [0.5, 0.6) is 0 Å². The van der Waals surface area contributed by atoms with Crippen LogP contribution < -0.4 is 11.1 Å². The first-order valence-electron chi connectivity index (χ1n) is 5.58. The largest absolute Gasteiger partial charge is 0.399 e. The van der Waals surface area contributed by atoms with Gasteiger partial charge >= 0.3 is 0 Å². The Morgan fingerprint density at radius 3 is 2.79 bits per heavy atom. The fourth-order valence-electron chi connectivity index (χ4n) is 1.62. The molecule has 0 aliphatic heterocycles. The van der Waals surface area contributed by atoms with Gasteiger partial charge in [0.05, 0.1) is 15.9 Å². The van der Waals surface area contributed by atoms with E-state index in [4.69, 9.17) is 17.3 Å². The van der Waals surface area contributed by atoms with Crippen LogP contribution >= 0.6 is 38.9 Å². The zero-order valence-electron chi connectivity index (χ0n) is 10.1. The van der Waals surface area contributed by atoms with Gasteiger partial charge in [0.25, 0.3) is 5.91 Å². The van der Waals surface area contributed by atoms with Crippen LogP contribution in [-0.2, 0) is 0 Å². The van der Waals surface area contributed by atoms with Crippen LogP contribution in [-0.4, -0.2) is 5.91 Å². The molecule has 0 aliphatic carbocycles. The monoisotopic (exact) mass is 358 g/mol. The van der Waals surface area contributed by atoms with Gasteiger partial charge in [0.2, 0.25) is 0 Å². The Bertz CT molecular complexity index is 614. The van der Waals surface area contributed by atoms with Crippen molar-refractivity contribution in [3.63, 3.8) is 0 Å². The molecule has 19 heavy (non-hydrogen) atoms. The van der Waals surface area contributed by atoms with Crippen LogP contribution in [0, 0.1) is 0 Å². The number of anilines is 1. The van der Waals surface area contributed by atoms with E-state index >= 15 is 0 Å². The number of nitrogens with one attached hydrogen (secondary N) is 1. The highest BCUT2D eigenvalue weighted by atomic mass is 79.9. The third-order valence-electron chi connectivity index (χ3n) is 2.60. The number of hydrogen-bond donors (Lipinski definition) is 2. The lowest BCUT2D eigenvalue weighted by Crippen LogP contribution is -2.26. The van der Waals surface area contributed by atoms with Crippen molar-refractivity contribution in [1.82, 2.24) is 5.32 Å². The van der Waals surface area contributed by atoms with Gasteiger partial charge in [-0.1, -0.05) is 11.6 Å². The Balaban J connectivity index is 2.15. The molecule has 2 aromatic rings. The lowest BCUT2D eigenvalue weighted by molar-refractivity contribution is 0.0940. The van der Waals surface area contributed by atoms with E-state index in [1.54, 1.807) is 18.2 Å². The predicted molar refractivity (Wildman–Crippen MR) is 83.8 cm³/mol. The third-order valence-corrected chi connectivity index (χ3v) is 4.71. The Labute approximate surface area is 128 Å². The molecule has 3 nitrogen and oxygen atoms in total. The average Bonchev–Trinajstić information content (AvgIpc) is 2.79. The number of nitrogen functional groups attached to an aromatic ring is 1. The van der Waals surface area contributed by atoms with Gasteiger partial charge in [-0.3, -0.25) is 4.79 Å². The van der Waals surface area contributed by atoms with Crippen LogP contribution in [0.1, 0.15) is 28.2 Å². The highest BCUT2D eigenvalue weighted by Gasteiger charge is 2.15. The first-order valence-corrected chi connectivity index (χ1v) is 7.57. The van der Waals surface area contributed by atoms with E-state index in [1.165, 1.54) is 11.3 Å². The van der Waals surface area contributed by atoms with Crippen LogP contribution in [0.15, 0.2) is 34.8 Å². The second-order valence-corrected chi connectivity index (χ2v) is 6.68. The van der Waals surface area contributed by atoms with Crippen molar-refractivity contribution in [2.24, 2.45) is 0 Å². The lowest BCUT2D eigenvalue weighted by Gasteiger charge is -2.13. The van der Waals surface area contributed by atoms with Crippen molar-refractivity contribution >= 4 is 50.5 Å². The number of nitrogens with two attached hydrogens (primary N) is 1. The molecule has 1 atom stereocenters. The molecule has 1 aromatic heterocycles. The van der Waals surface area contributed by atoms with E-state index < -0.39 is 0 Å². The standard InChI is InChI=1S/C13H12BrClN2OS/c1-7(11-4-5-12(15)19-11)17-13(18)9-6-8(16)2-3-10(9)14/h2-7H,16H2,1H3,(H,17,18). The van der Waals surface area contributed by atoms with Crippen LogP contribution in [0.2, 0.25) is 4.34 Å². The van der Waals surface area contributed by atoms with Gasteiger partial charge in [-0.05, 0) is 53.2 Å². The minimum atomic E-state index is -0.170. The molecule has 1 amide bonds. The molecule has 0 bridgehead atoms. The first-order chi connectivity index (χ1) is 8.97. The molecule has 0 saturated heterocycles. The van der Waals surface area contributed by atoms with Crippen molar-refractivity contribution in [2.45, 2.75) is 13.0 Å². The van der Waals surface area contributed by atoms with Gasteiger partial charge < -0.3 is 11.1 Å². The van der Waals surface area contributed by atoms with Crippen molar-refractivity contribution in [1.29, 1.82) is 0 Å². The maximum Gasteiger partial charge on any atom is 0.253 e. The van der Waals surface area contributed by atoms with Crippen molar-refractivity contribution in [3.8, 4) is 0 Å². The molecule has 1 aromatic carbocycles. The van der Waals surface area contributed by atoms with E-state index in [-0.39, 0.29) is 11.9 Å². The lowest BCUT2D eigenvalue weighted by atomic mass is 10.1. The molecule has 1 heterocycles. The number of thiophene rings is 1. The fourth-order valence-corrected chi connectivity index (χ4v) is 3.11. The summed E-state index contributed by atoms with van der Waals surface area (Å²) in [5.41, 5.74) is 6.77. The summed E-state index contributed by atoms with van der Waals surface area (Å²) in [5.74, 6) is -0.170. The highest BCUT2D eigenvalue weighted by Crippen LogP contribution is 2.27. The molecule has 100 valence electrons. The van der Waals surface area contributed by atoms with E-state index in [1.807, 2.05) is 19.1 Å². The summed E-state index contributed by atoms with van der Waals surface area (Å²) in [4.78, 5) is 13.2. The highest BCUT2D eigenvalue weighted by molar-refractivity contribution is 9.10. The zero-order valence-corrected chi connectivity index (χ0v) is 13.3. The number of hydrogen-bond acceptors (Lipinski definition) is 3. The maximum atomic E-state index is 12.2. The summed E-state index contributed by atoms with van der Waals surface area (Å²) < 4.78 is 1.43. The molecule has 6 heteroatoms. The molecular formula is C13H12BrClN2OS. The number of amides is 1. The quantitative estimate of drug-likeness (QED) is 0.805. The van der Waals surface area contributed by atoms with Gasteiger partial charge in [-0.15, -0.1) is 11.3 Å². The Kier molecular flexibility index (Phi) is 4.50. The van der Waals surface area contributed by atoms with Crippen molar-refractivity contribution < 1.29 is 4.79 Å². The average molecular weight is 360 g/mol. The minimum Gasteiger partial charge on any atom is -0.399 e. The van der Waals surface area contributed by atoms with Gasteiger partial charge in [-0.25, -0.2) is 0 Å². The number of rotatable bonds is 3. The fraction of sp³-hybridized carbons (Fsp3) is 0.154. The second kappa shape index (κ2) is 5.94. The third kappa shape index (κ3) is 3.49. The summed E-state index contributed by atoms with van der Waals surface area (Å²) in [5, 5.41) is 2.92. The molecule has 0 aliphatic rings. The van der Waals surface area contributed by atoms with Gasteiger partial charge in [0.15, 0.2) is 0 Å². The number of halogens is 2. The van der Waals surface area contributed by atoms with Gasteiger partial charge in [-0.2, -0.15) is 0 Å². The Hall–Kier alpha value is -1.04. The summed E-state index contributed by atoms with van der Waals surface area (Å²) in [6, 6.07) is 8.78. The van der Waals surface area contributed by atoms with E-state index in [0.29, 0.717) is 15.6 Å². The SMILES string of the molecule is CC(NC(=O)c1cc(N)ccc1Br)c1ccc(Cl)s1. The predicted octanol–water partition coefficient (Wildman–Crippen LogP) is 4.24. The molecular weight excluding hydrogens is 348 g/mol. The normalized spacial score (nSPS) is 12.2. The molecule has 0 radical (unpaired) electrons. The Morgan fingerprint density at radius 1 is 1.42 bits per heavy atom. The summed E-state index contributed by atoms with van der Waals surface area (Å²) >= 11 is 10.7. The first kappa shape index (κ1) is 14.4. The van der Waals surface area contributed by atoms with Crippen LogP contribution in [0.25, 0.3) is 0 Å². The Morgan fingerprint density at radius 2 is 2.16 bits per heavy atom. The second-order valence-electron chi connectivity index (χ2n) is 4.08. The smallest absolute Gasteiger partial charge is 0.253 e.